The molecule has 1 aliphatic rings. The molecule has 1 N–H and O–H groups in total. The van der Waals surface area contributed by atoms with Gasteiger partial charge in [0.05, 0.1) is 0 Å². The molecule has 23 heavy (non-hydrogen) atoms. The molecular weight excluding hydrogens is 278 g/mol. The Hall–Kier alpha value is -1.86. The number of rotatable bonds is 6. The number of benzene rings is 2. The maximum atomic E-state index is 3.62. The van der Waals surface area contributed by atoms with Gasteiger partial charge in [-0.05, 0) is 47.4 Å². The molecule has 0 fully saturated rings. The van der Waals surface area contributed by atoms with Crippen LogP contribution in [0, 0.1) is 11.8 Å². The second kappa shape index (κ2) is 7.61. The van der Waals surface area contributed by atoms with E-state index < -0.39 is 0 Å². The number of hydrogen-bond donors (Lipinski definition) is 1. The summed E-state index contributed by atoms with van der Waals surface area (Å²) in [6, 6.07) is 19.5. The van der Waals surface area contributed by atoms with Crippen molar-refractivity contribution in [3.8, 4) is 0 Å². The molecule has 0 spiro atoms. The summed E-state index contributed by atoms with van der Waals surface area (Å²) >= 11 is 0. The van der Waals surface area contributed by atoms with Crippen molar-refractivity contribution >= 4 is 6.08 Å². The van der Waals surface area contributed by atoms with Gasteiger partial charge in [-0.1, -0.05) is 80.6 Å². The predicted molar refractivity (Wildman–Crippen MR) is 99.3 cm³/mol. The molecule has 3 rings (SSSR count). The quantitative estimate of drug-likeness (QED) is 0.719. The van der Waals surface area contributed by atoms with Crippen LogP contribution in [0.15, 0.2) is 60.7 Å². The first-order valence-electron chi connectivity index (χ1n) is 8.77. The van der Waals surface area contributed by atoms with Crippen molar-refractivity contribution in [2.24, 2.45) is 11.8 Å². The molecular formula is C22H27N. The van der Waals surface area contributed by atoms with E-state index in [1.165, 1.54) is 23.1 Å². The topological polar surface area (TPSA) is 12.0 Å². The minimum Gasteiger partial charge on any atom is -0.313 e. The van der Waals surface area contributed by atoms with E-state index >= 15 is 0 Å². The van der Waals surface area contributed by atoms with Gasteiger partial charge in [0.1, 0.15) is 0 Å². The molecule has 1 aliphatic carbocycles. The molecule has 1 nitrogen and oxygen atoms in total. The summed E-state index contributed by atoms with van der Waals surface area (Å²) < 4.78 is 0. The van der Waals surface area contributed by atoms with Crippen LogP contribution in [0.25, 0.3) is 6.08 Å². The largest absolute Gasteiger partial charge is 0.313 e. The van der Waals surface area contributed by atoms with Crippen LogP contribution in [-0.4, -0.2) is 6.54 Å². The second-order valence-electron chi connectivity index (χ2n) is 6.87. The van der Waals surface area contributed by atoms with E-state index in [0.29, 0.717) is 17.8 Å². The monoisotopic (exact) mass is 305 g/mol. The van der Waals surface area contributed by atoms with Crippen LogP contribution >= 0.6 is 0 Å². The number of fused-ring (bicyclic) bond motifs is 1. The van der Waals surface area contributed by atoms with Gasteiger partial charge in [0, 0.05) is 6.54 Å². The SMILES string of the molecule is CC(C)[C@@H]1C=Cc2ccccc2[C@H]1CCNCc1ccccc1. The van der Waals surface area contributed by atoms with Crippen LogP contribution in [0.5, 0.6) is 0 Å². The Morgan fingerprint density at radius 2 is 1.70 bits per heavy atom. The lowest BCUT2D eigenvalue weighted by molar-refractivity contribution is 0.363. The molecule has 0 bridgehead atoms. The lowest BCUT2D eigenvalue weighted by atomic mass is 9.73. The first-order chi connectivity index (χ1) is 11.3. The molecule has 0 saturated carbocycles. The van der Waals surface area contributed by atoms with Gasteiger partial charge >= 0.3 is 0 Å². The minimum atomic E-state index is 0.625. The summed E-state index contributed by atoms with van der Waals surface area (Å²) in [5, 5.41) is 3.62. The molecule has 2 atom stereocenters. The van der Waals surface area contributed by atoms with Gasteiger partial charge in [0.15, 0.2) is 0 Å². The number of allylic oxidation sites excluding steroid dienone is 1. The summed E-state index contributed by atoms with van der Waals surface area (Å²) in [4.78, 5) is 0. The van der Waals surface area contributed by atoms with E-state index in [4.69, 9.17) is 0 Å². The Morgan fingerprint density at radius 3 is 2.48 bits per heavy atom. The molecule has 0 aromatic heterocycles. The lowest BCUT2D eigenvalue weighted by Crippen LogP contribution is -2.25. The smallest absolute Gasteiger partial charge is 0.0205 e. The van der Waals surface area contributed by atoms with Gasteiger partial charge in [0.2, 0.25) is 0 Å². The lowest BCUT2D eigenvalue weighted by Gasteiger charge is -2.32. The number of nitrogens with one attached hydrogen (secondary N) is 1. The zero-order valence-electron chi connectivity index (χ0n) is 14.2. The van der Waals surface area contributed by atoms with Gasteiger partial charge in [-0.15, -0.1) is 0 Å². The molecule has 0 amide bonds. The molecule has 0 aliphatic heterocycles. The number of hydrogen-bond acceptors (Lipinski definition) is 1. The highest BCUT2D eigenvalue weighted by atomic mass is 14.8. The molecule has 0 radical (unpaired) electrons. The van der Waals surface area contributed by atoms with Crippen LogP contribution in [0.1, 0.15) is 42.9 Å². The first kappa shape index (κ1) is 16.0. The first-order valence-corrected chi connectivity index (χ1v) is 8.77. The van der Waals surface area contributed by atoms with Crippen molar-refractivity contribution in [3.63, 3.8) is 0 Å². The van der Waals surface area contributed by atoms with E-state index in [1.807, 2.05) is 0 Å². The van der Waals surface area contributed by atoms with Crippen LogP contribution < -0.4 is 5.32 Å². The molecule has 2 aromatic rings. The van der Waals surface area contributed by atoms with Crippen molar-refractivity contribution in [2.45, 2.75) is 32.7 Å². The molecule has 1 heteroatoms. The highest BCUT2D eigenvalue weighted by Crippen LogP contribution is 2.39. The second-order valence-corrected chi connectivity index (χ2v) is 6.87. The fourth-order valence-corrected chi connectivity index (χ4v) is 3.68. The predicted octanol–water partition coefficient (Wildman–Crippen LogP) is 5.25. The van der Waals surface area contributed by atoms with Gasteiger partial charge in [0.25, 0.3) is 0 Å². The van der Waals surface area contributed by atoms with E-state index in [0.717, 1.165) is 13.1 Å². The summed E-state index contributed by atoms with van der Waals surface area (Å²) in [6.07, 6.45) is 5.93. The van der Waals surface area contributed by atoms with Crippen LogP contribution in [-0.2, 0) is 6.54 Å². The minimum absolute atomic E-state index is 0.625. The van der Waals surface area contributed by atoms with E-state index in [2.05, 4.69) is 85.9 Å². The fourth-order valence-electron chi connectivity index (χ4n) is 3.68. The van der Waals surface area contributed by atoms with Crippen LogP contribution in [0.4, 0.5) is 0 Å². The Labute approximate surface area is 140 Å². The van der Waals surface area contributed by atoms with Crippen molar-refractivity contribution < 1.29 is 0 Å². The summed E-state index contributed by atoms with van der Waals surface area (Å²) in [5.74, 6) is 1.95. The van der Waals surface area contributed by atoms with Crippen molar-refractivity contribution in [1.29, 1.82) is 0 Å². The zero-order valence-corrected chi connectivity index (χ0v) is 14.2. The van der Waals surface area contributed by atoms with Crippen LogP contribution in [0.2, 0.25) is 0 Å². The normalized spacial score (nSPS) is 19.8. The molecule has 0 heterocycles. The Kier molecular flexibility index (Phi) is 5.30. The summed E-state index contributed by atoms with van der Waals surface area (Å²) in [7, 11) is 0. The maximum Gasteiger partial charge on any atom is 0.0205 e. The molecule has 0 unspecified atom stereocenters. The van der Waals surface area contributed by atoms with E-state index in [9.17, 15) is 0 Å². The van der Waals surface area contributed by atoms with E-state index in [-0.39, 0.29) is 0 Å². The molecule has 0 saturated heterocycles. The van der Waals surface area contributed by atoms with Gasteiger partial charge in [-0.2, -0.15) is 0 Å². The van der Waals surface area contributed by atoms with E-state index in [1.54, 1.807) is 0 Å². The molecule has 2 aromatic carbocycles. The standard InChI is InChI=1S/C22H27N/c1-17(2)20-13-12-19-10-6-7-11-21(19)22(20)14-15-23-16-18-8-4-3-5-9-18/h3-13,17,20,22-23H,14-16H2,1-2H3/t20-,22-/m0/s1. The van der Waals surface area contributed by atoms with Crippen molar-refractivity contribution in [1.82, 2.24) is 5.32 Å². The third kappa shape index (κ3) is 3.92. The third-order valence-corrected chi connectivity index (χ3v) is 4.93. The average molecular weight is 305 g/mol. The fraction of sp³-hybridized carbons (Fsp3) is 0.364. The van der Waals surface area contributed by atoms with Gasteiger partial charge < -0.3 is 5.32 Å². The highest BCUT2D eigenvalue weighted by Gasteiger charge is 2.27. The van der Waals surface area contributed by atoms with Crippen LogP contribution in [0.3, 0.4) is 0 Å². The average Bonchev–Trinajstić information content (AvgIpc) is 2.59. The third-order valence-electron chi connectivity index (χ3n) is 4.93. The van der Waals surface area contributed by atoms with Crippen molar-refractivity contribution in [3.05, 3.63) is 77.4 Å². The Morgan fingerprint density at radius 1 is 0.957 bits per heavy atom. The zero-order chi connectivity index (χ0) is 16.1. The molecule has 120 valence electrons. The Balaban J connectivity index is 1.63. The maximum absolute atomic E-state index is 3.62. The van der Waals surface area contributed by atoms with Gasteiger partial charge in [-0.3, -0.25) is 0 Å². The Bertz CT molecular complexity index is 642. The highest BCUT2D eigenvalue weighted by molar-refractivity contribution is 5.58. The van der Waals surface area contributed by atoms with Gasteiger partial charge in [-0.25, -0.2) is 0 Å². The summed E-state index contributed by atoms with van der Waals surface area (Å²) in [5.41, 5.74) is 4.28. The summed E-state index contributed by atoms with van der Waals surface area (Å²) in [6.45, 7) is 6.70. The van der Waals surface area contributed by atoms with Crippen molar-refractivity contribution in [2.75, 3.05) is 6.54 Å².